The van der Waals surface area contributed by atoms with Gasteiger partial charge in [-0.2, -0.15) is 4.99 Å². The summed E-state index contributed by atoms with van der Waals surface area (Å²) < 4.78 is 5.05. The molecule has 2 heterocycles. The van der Waals surface area contributed by atoms with Crippen LogP contribution in [0.15, 0.2) is 4.99 Å². The van der Waals surface area contributed by atoms with E-state index < -0.39 is 36.0 Å². The molecule has 0 aromatic heterocycles. The van der Waals surface area contributed by atoms with Crippen molar-refractivity contribution in [2.75, 3.05) is 6.54 Å². The van der Waals surface area contributed by atoms with Crippen molar-refractivity contribution in [2.24, 2.45) is 22.4 Å². The lowest BCUT2D eigenvalue weighted by Crippen LogP contribution is -2.51. The topological polar surface area (TPSA) is 167 Å². The van der Waals surface area contributed by atoms with Crippen LogP contribution in [0.5, 0.6) is 0 Å². The number of nitrogens with zero attached hydrogens (tertiary/aromatic N) is 2. The molecule has 0 radical (unpaired) electrons. The molecule has 0 aromatic carbocycles. The van der Waals surface area contributed by atoms with E-state index in [1.54, 1.807) is 0 Å². The van der Waals surface area contributed by atoms with Crippen molar-refractivity contribution >= 4 is 29.5 Å². The van der Waals surface area contributed by atoms with Gasteiger partial charge in [0.05, 0.1) is 6.04 Å². The number of ether oxygens (including phenoxy) is 1. The van der Waals surface area contributed by atoms with Crippen LogP contribution >= 0.6 is 0 Å². The van der Waals surface area contributed by atoms with E-state index in [2.05, 4.69) is 10.3 Å². The Kier molecular flexibility index (Phi) is 6.43. The van der Waals surface area contributed by atoms with E-state index in [9.17, 15) is 14.4 Å². The summed E-state index contributed by atoms with van der Waals surface area (Å²) in [4.78, 5) is 42.2. The average Bonchev–Trinajstić information content (AvgIpc) is 3.33. The number of amidine groups is 1. The molecule has 3 amide bonds. The SMILES string of the molecule is CC(C)C[C@H](N)C(=O)N1C(=O)[C@H]2O[C@@H]2C(=O)N=C1CCCCNC(=N)N. The number of nitrogens with one attached hydrogen (secondary N) is 2. The molecule has 0 unspecified atom stereocenters. The quantitative estimate of drug-likeness (QED) is 0.186. The number of aliphatic imine (C=N–C) groups is 1. The number of imide groups is 1. The van der Waals surface area contributed by atoms with Gasteiger partial charge in [0.2, 0.25) is 0 Å². The predicted octanol–water partition coefficient (Wildman–Crippen LogP) is -0.926. The minimum Gasteiger partial charge on any atom is -0.370 e. The molecule has 0 bridgehead atoms. The van der Waals surface area contributed by atoms with Crippen LogP contribution in [0.1, 0.15) is 39.5 Å². The lowest BCUT2D eigenvalue weighted by Gasteiger charge is -2.25. The number of carbonyl (C=O) groups excluding carboxylic acids is 3. The van der Waals surface area contributed by atoms with Gasteiger partial charge >= 0.3 is 0 Å². The second-order valence-electron chi connectivity index (χ2n) is 6.89. The predicted molar refractivity (Wildman–Crippen MR) is 94.2 cm³/mol. The van der Waals surface area contributed by atoms with Gasteiger partial charge in [-0.25, -0.2) is 4.90 Å². The summed E-state index contributed by atoms with van der Waals surface area (Å²) >= 11 is 0. The highest BCUT2D eigenvalue weighted by Gasteiger charge is 2.56. The maximum Gasteiger partial charge on any atom is 0.279 e. The Bertz CT molecular complexity index is 632. The van der Waals surface area contributed by atoms with Gasteiger partial charge in [0.15, 0.2) is 18.2 Å². The Morgan fingerprint density at radius 3 is 2.65 bits per heavy atom. The van der Waals surface area contributed by atoms with Crippen molar-refractivity contribution in [1.29, 1.82) is 5.41 Å². The zero-order valence-electron chi connectivity index (χ0n) is 15.0. The molecular formula is C16H26N6O4. The summed E-state index contributed by atoms with van der Waals surface area (Å²) in [5, 5.41) is 9.77. The van der Waals surface area contributed by atoms with Crippen LogP contribution in [0.3, 0.4) is 0 Å². The van der Waals surface area contributed by atoms with Gasteiger partial charge < -0.3 is 21.5 Å². The largest absolute Gasteiger partial charge is 0.370 e. The summed E-state index contributed by atoms with van der Waals surface area (Å²) in [6.45, 7) is 4.33. The molecule has 26 heavy (non-hydrogen) atoms. The number of amides is 3. The highest BCUT2D eigenvalue weighted by Crippen LogP contribution is 2.29. The van der Waals surface area contributed by atoms with Crippen LogP contribution in [0.25, 0.3) is 0 Å². The van der Waals surface area contributed by atoms with E-state index in [4.69, 9.17) is 21.6 Å². The van der Waals surface area contributed by atoms with E-state index in [1.807, 2.05) is 13.8 Å². The first-order valence-electron chi connectivity index (χ1n) is 8.70. The third-order valence-corrected chi connectivity index (χ3v) is 4.10. The molecule has 2 aliphatic rings. The van der Waals surface area contributed by atoms with Gasteiger partial charge in [-0.15, -0.1) is 0 Å². The first-order valence-corrected chi connectivity index (χ1v) is 8.70. The van der Waals surface area contributed by atoms with Crippen molar-refractivity contribution in [2.45, 2.75) is 57.8 Å². The van der Waals surface area contributed by atoms with Gasteiger partial charge in [-0.05, 0) is 25.2 Å². The Labute approximate surface area is 151 Å². The van der Waals surface area contributed by atoms with Crippen molar-refractivity contribution < 1.29 is 19.1 Å². The molecule has 0 spiro atoms. The number of hydrogen-bond acceptors (Lipinski definition) is 6. The molecule has 6 N–H and O–H groups in total. The Morgan fingerprint density at radius 1 is 1.35 bits per heavy atom. The van der Waals surface area contributed by atoms with Crippen LogP contribution in [0.4, 0.5) is 0 Å². The van der Waals surface area contributed by atoms with Gasteiger partial charge in [0, 0.05) is 13.0 Å². The van der Waals surface area contributed by atoms with Gasteiger partial charge in [-0.1, -0.05) is 13.8 Å². The second kappa shape index (κ2) is 8.37. The minimum atomic E-state index is -0.946. The summed E-state index contributed by atoms with van der Waals surface area (Å²) in [5.41, 5.74) is 11.2. The standard InChI is InChI=1S/C16H26N6O4/c1-8(2)7-9(17)14(24)22-10(5-3-4-6-20-16(18)19)21-13(23)11-12(26-11)15(22)25/h8-9,11-12H,3-7,17H2,1-2H3,(H4,18,19,20)/t9-,11-,12-/m0/s1. The molecule has 144 valence electrons. The third kappa shape index (κ3) is 4.85. The molecule has 10 heteroatoms. The van der Waals surface area contributed by atoms with Gasteiger partial charge in [-0.3, -0.25) is 19.8 Å². The molecule has 2 aliphatic heterocycles. The maximum absolute atomic E-state index is 12.7. The number of fused-ring (bicyclic) bond motifs is 1. The number of unbranched alkanes of at least 4 members (excludes halogenated alkanes) is 1. The first-order chi connectivity index (χ1) is 12.2. The fourth-order valence-electron chi connectivity index (χ4n) is 2.79. The number of rotatable bonds is 8. The number of epoxide rings is 1. The molecule has 2 rings (SSSR count). The van der Waals surface area contributed by atoms with Crippen LogP contribution < -0.4 is 16.8 Å². The number of nitrogens with two attached hydrogens (primary N) is 2. The molecule has 1 fully saturated rings. The van der Waals surface area contributed by atoms with E-state index in [1.165, 1.54) is 0 Å². The zero-order chi connectivity index (χ0) is 19.4. The van der Waals surface area contributed by atoms with Crippen molar-refractivity contribution in [1.82, 2.24) is 10.2 Å². The third-order valence-electron chi connectivity index (χ3n) is 4.10. The minimum absolute atomic E-state index is 0.114. The summed E-state index contributed by atoms with van der Waals surface area (Å²) in [6.07, 6.45) is 0.0240. The van der Waals surface area contributed by atoms with E-state index in [0.29, 0.717) is 25.8 Å². The highest BCUT2D eigenvalue weighted by molar-refractivity contribution is 6.20. The Morgan fingerprint density at radius 2 is 2.04 bits per heavy atom. The molecule has 3 atom stereocenters. The van der Waals surface area contributed by atoms with E-state index >= 15 is 0 Å². The first kappa shape index (κ1) is 20.0. The summed E-state index contributed by atoms with van der Waals surface area (Å²) in [6, 6.07) is -0.853. The Hall–Kier alpha value is -2.33. The summed E-state index contributed by atoms with van der Waals surface area (Å²) in [5.74, 6) is -1.52. The van der Waals surface area contributed by atoms with Crippen molar-refractivity contribution in [3.63, 3.8) is 0 Å². The van der Waals surface area contributed by atoms with Crippen LogP contribution in [-0.4, -0.2) is 59.2 Å². The lowest BCUT2D eigenvalue weighted by atomic mass is 10.0. The number of hydrogen-bond donors (Lipinski definition) is 4. The molecular weight excluding hydrogens is 340 g/mol. The van der Waals surface area contributed by atoms with Crippen LogP contribution in [0, 0.1) is 11.3 Å². The van der Waals surface area contributed by atoms with Crippen molar-refractivity contribution in [3.8, 4) is 0 Å². The van der Waals surface area contributed by atoms with E-state index in [0.717, 1.165) is 4.90 Å². The van der Waals surface area contributed by atoms with Crippen molar-refractivity contribution in [3.05, 3.63) is 0 Å². The lowest BCUT2D eigenvalue weighted by molar-refractivity contribution is -0.141. The monoisotopic (exact) mass is 366 g/mol. The van der Waals surface area contributed by atoms with E-state index in [-0.39, 0.29) is 24.1 Å². The smallest absolute Gasteiger partial charge is 0.279 e. The van der Waals surface area contributed by atoms with Crippen LogP contribution in [0.2, 0.25) is 0 Å². The second-order valence-corrected chi connectivity index (χ2v) is 6.89. The van der Waals surface area contributed by atoms with Crippen LogP contribution in [-0.2, 0) is 19.1 Å². The molecule has 0 saturated carbocycles. The normalized spacial score (nSPS) is 23.2. The zero-order valence-corrected chi connectivity index (χ0v) is 15.0. The molecule has 0 aromatic rings. The fraction of sp³-hybridized carbons (Fsp3) is 0.688. The average molecular weight is 366 g/mol. The molecule has 10 nitrogen and oxygen atoms in total. The van der Waals surface area contributed by atoms with Gasteiger partial charge in [0.1, 0.15) is 5.84 Å². The van der Waals surface area contributed by atoms with Gasteiger partial charge in [0.25, 0.3) is 17.7 Å². The fourth-order valence-corrected chi connectivity index (χ4v) is 2.79. The molecule has 1 saturated heterocycles. The number of guanidine groups is 1. The molecule has 0 aliphatic carbocycles. The Balaban J connectivity index is 2.10. The maximum atomic E-state index is 12.7. The summed E-state index contributed by atoms with van der Waals surface area (Å²) in [7, 11) is 0. The highest BCUT2D eigenvalue weighted by atomic mass is 16.6. The number of carbonyl (C=O) groups is 3.